The SMILES string of the molecule is CC(C)c1cc(C(=O)N2Cc3ccc(CCN4CCC(N5CCN(C(=O)C6CCN(Cc7cc8nc(-c9cnc(N)nc9)nc(N9CCOCC9)c8s7)CC6)CC5)CC4)cc3C2)c(O)cc1O. The highest BCUT2D eigenvalue weighted by molar-refractivity contribution is 7.19. The lowest BCUT2D eigenvalue weighted by atomic mass is 9.94. The number of hydrogen-bond acceptors (Lipinski definition) is 15. The molecule has 0 radical (unpaired) electrons. The summed E-state index contributed by atoms with van der Waals surface area (Å²) in [4.78, 5) is 60.8. The van der Waals surface area contributed by atoms with E-state index in [1.54, 1.807) is 34.7 Å². The van der Waals surface area contributed by atoms with Crippen LogP contribution in [0.3, 0.4) is 0 Å². The van der Waals surface area contributed by atoms with Gasteiger partial charge in [-0.25, -0.2) is 19.9 Å². The minimum Gasteiger partial charge on any atom is -0.508 e. The van der Waals surface area contributed by atoms with Crippen LogP contribution in [-0.4, -0.2) is 158 Å². The normalized spacial score (nSPS) is 19.5. The van der Waals surface area contributed by atoms with Gasteiger partial charge in [0.15, 0.2) is 11.6 Å². The number of carbonyl (C=O) groups is 2. The number of aromatic nitrogens is 4. The van der Waals surface area contributed by atoms with Crippen molar-refractivity contribution < 1.29 is 24.5 Å². The molecule has 0 bridgehead atoms. The van der Waals surface area contributed by atoms with E-state index < -0.39 is 0 Å². The molecule has 16 nitrogen and oxygen atoms in total. The van der Waals surface area contributed by atoms with E-state index in [1.165, 1.54) is 16.5 Å². The second kappa shape index (κ2) is 19.6. The molecule has 5 aromatic rings. The zero-order valence-corrected chi connectivity index (χ0v) is 39.6. The van der Waals surface area contributed by atoms with Gasteiger partial charge in [-0.2, -0.15) is 0 Å². The van der Waals surface area contributed by atoms with Crippen LogP contribution in [0.2, 0.25) is 0 Å². The summed E-state index contributed by atoms with van der Waals surface area (Å²) in [7, 11) is 0. The van der Waals surface area contributed by atoms with E-state index in [4.69, 9.17) is 20.4 Å². The number of phenols is 2. The van der Waals surface area contributed by atoms with E-state index in [1.807, 2.05) is 13.8 Å². The summed E-state index contributed by atoms with van der Waals surface area (Å²) < 4.78 is 6.73. The van der Waals surface area contributed by atoms with Crippen molar-refractivity contribution in [2.24, 2.45) is 5.92 Å². The van der Waals surface area contributed by atoms with Gasteiger partial charge >= 0.3 is 0 Å². The fourth-order valence-corrected chi connectivity index (χ4v) is 11.8. The van der Waals surface area contributed by atoms with Gasteiger partial charge in [0, 0.05) is 101 Å². The first-order valence-electron chi connectivity index (χ1n) is 24.2. The van der Waals surface area contributed by atoms with Gasteiger partial charge < -0.3 is 40.3 Å². The molecular formula is C50H63N11O5S. The number of likely N-dealkylation sites (tertiary alicyclic amines) is 2. The van der Waals surface area contributed by atoms with Crippen LogP contribution in [0.5, 0.6) is 11.5 Å². The number of amides is 2. The Morgan fingerprint density at radius 3 is 2.25 bits per heavy atom. The van der Waals surface area contributed by atoms with Crippen molar-refractivity contribution in [3.8, 4) is 22.9 Å². The third kappa shape index (κ3) is 9.93. The first-order valence-corrected chi connectivity index (χ1v) is 25.0. The van der Waals surface area contributed by atoms with Gasteiger partial charge in [-0.05, 0) is 98.6 Å². The third-order valence-electron chi connectivity index (χ3n) is 14.7. The predicted molar refractivity (Wildman–Crippen MR) is 259 cm³/mol. The summed E-state index contributed by atoms with van der Waals surface area (Å²) in [5.74, 6) is 1.79. The fraction of sp³-hybridized carbons (Fsp3) is 0.520. The Morgan fingerprint density at radius 2 is 1.52 bits per heavy atom. The number of ether oxygens (including phenoxy) is 1. The topological polar surface area (TPSA) is 181 Å². The molecule has 5 aliphatic rings. The second-order valence-electron chi connectivity index (χ2n) is 19.3. The number of morpholine rings is 1. The Bertz CT molecular complexity index is 2580. The van der Waals surface area contributed by atoms with Gasteiger partial charge in [-0.1, -0.05) is 32.0 Å². The third-order valence-corrected chi connectivity index (χ3v) is 15.8. The number of rotatable bonds is 11. The lowest BCUT2D eigenvalue weighted by Gasteiger charge is -2.43. The molecule has 0 saturated carbocycles. The van der Waals surface area contributed by atoms with E-state index in [-0.39, 0.29) is 40.8 Å². The van der Waals surface area contributed by atoms with Crippen molar-refractivity contribution in [3.05, 3.63) is 81.5 Å². The van der Waals surface area contributed by atoms with Gasteiger partial charge in [0.05, 0.1) is 34.6 Å². The summed E-state index contributed by atoms with van der Waals surface area (Å²) in [6.07, 6.45) is 8.38. The zero-order valence-electron chi connectivity index (χ0n) is 38.8. The van der Waals surface area contributed by atoms with Crippen LogP contribution in [0.4, 0.5) is 11.8 Å². The van der Waals surface area contributed by atoms with Gasteiger partial charge in [-0.15, -0.1) is 11.3 Å². The number of hydrogen-bond donors (Lipinski definition) is 3. The molecule has 0 spiro atoms. The van der Waals surface area contributed by atoms with Gasteiger partial charge in [0.1, 0.15) is 11.5 Å². The molecule has 4 N–H and O–H groups in total. The number of thiophene rings is 1. The molecule has 4 fully saturated rings. The maximum absolute atomic E-state index is 13.8. The average Bonchev–Trinajstić information content (AvgIpc) is 3.97. The number of nitrogens with zero attached hydrogens (tertiary/aromatic N) is 10. The molecule has 17 heteroatoms. The number of benzene rings is 2. The number of phenolic OH excluding ortho intramolecular Hbond substituents is 2. The van der Waals surface area contributed by atoms with E-state index in [0.29, 0.717) is 49.6 Å². The Labute approximate surface area is 396 Å². The molecule has 0 unspecified atom stereocenters. The van der Waals surface area contributed by atoms with Crippen LogP contribution >= 0.6 is 11.3 Å². The Balaban J connectivity index is 0.658. The summed E-state index contributed by atoms with van der Waals surface area (Å²) in [6.45, 7) is 17.1. The number of aromatic hydroxyl groups is 2. The average molecular weight is 930 g/mol. The summed E-state index contributed by atoms with van der Waals surface area (Å²) in [5, 5.41) is 20.8. The largest absolute Gasteiger partial charge is 0.508 e. The molecule has 0 atom stereocenters. The number of anilines is 2. The Hall–Kier alpha value is -5.46. The lowest BCUT2D eigenvalue weighted by Crippen LogP contribution is -2.55. The number of nitrogens with two attached hydrogens (primary N) is 1. The Kier molecular flexibility index (Phi) is 13.3. The van der Waals surface area contributed by atoms with E-state index >= 15 is 0 Å². The monoisotopic (exact) mass is 929 g/mol. The van der Waals surface area contributed by atoms with Crippen LogP contribution in [0.1, 0.15) is 82.9 Å². The van der Waals surface area contributed by atoms with Crippen molar-refractivity contribution in [3.63, 3.8) is 0 Å². The molecule has 0 aliphatic carbocycles. The van der Waals surface area contributed by atoms with Crippen molar-refractivity contribution >= 4 is 45.1 Å². The highest BCUT2D eigenvalue weighted by atomic mass is 32.1. The van der Waals surface area contributed by atoms with Crippen LogP contribution in [0.15, 0.2) is 48.8 Å². The molecule has 10 rings (SSSR count). The number of piperazine rings is 1. The van der Waals surface area contributed by atoms with Crippen LogP contribution in [0, 0.1) is 5.92 Å². The minimum atomic E-state index is -0.219. The molecular weight excluding hydrogens is 867 g/mol. The number of carbonyl (C=O) groups excluding carboxylic acids is 2. The molecule has 8 heterocycles. The number of nitrogen functional groups attached to an aromatic ring is 1. The van der Waals surface area contributed by atoms with E-state index in [9.17, 15) is 19.8 Å². The molecule has 4 saturated heterocycles. The molecule has 354 valence electrons. The Morgan fingerprint density at radius 1 is 0.806 bits per heavy atom. The van der Waals surface area contributed by atoms with Gasteiger partial charge in [0.2, 0.25) is 11.9 Å². The van der Waals surface area contributed by atoms with E-state index in [2.05, 4.69) is 58.7 Å². The highest BCUT2D eigenvalue weighted by Gasteiger charge is 2.34. The number of fused-ring (bicyclic) bond motifs is 2. The zero-order chi connectivity index (χ0) is 46.2. The van der Waals surface area contributed by atoms with Crippen LogP contribution in [0.25, 0.3) is 21.6 Å². The van der Waals surface area contributed by atoms with Gasteiger partial charge in [-0.3, -0.25) is 19.4 Å². The number of piperidine rings is 2. The summed E-state index contributed by atoms with van der Waals surface area (Å²) in [5.41, 5.74) is 11.9. The van der Waals surface area contributed by atoms with Crippen LogP contribution in [-0.2, 0) is 35.6 Å². The lowest BCUT2D eigenvalue weighted by molar-refractivity contribution is -0.139. The molecule has 5 aliphatic heterocycles. The maximum Gasteiger partial charge on any atom is 0.258 e. The quantitative estimate of drug-likeness (QED) is 0.155. The fourth-order valence-electron chi connectivity index (χ4n) is 10.7. The second-order valence-corrected chi connectivity index (χ2v) is 20.4. The van der Waals surface area contributed by atoms with Crippen LogP contribution < -0.4 is 10.6 Å². The van der Waals surface area contributed by atoms with Crippen molar-refractivity contribution in [2.75, 3.05) is 95.8 Å². The maximum atomic E-state index is 13.8. The molecule has 2 amide bonds. The standard InChI is InChI=1S/C50H63N11O5S/c1-32(2)40-25-41(44(63)26-43(40)62)49(65)61-29-35-4-3-33(23-36(35)30-61)5-10-56-13-8-38(9-14-56)58-15-17-60(18-16-58)48(64)34-6-11-57(12-7-34)31-39-24-42-45(67-39)47(59-19-21-66-22-20-59)55-46(54-42)37-27-52-50(51)53-28-37/h3-4,23-28,32,34,38,62-63H,5-22,29-31H2,1-2H3,(H2,51,52,53). The van der Waals surface area contributed by atoms with Crippen molar-refractivity contribution in [1.82, 2.24) is 44.4 Å². The summed E-state index contributed by atoms with van der Waals surface area (Å²) >= 11 is 1.76. The highest BCUT2D eigenvalue weighted by Crippen LogP contribution is 2.37. The predicted octanol–water partition coefficient (Wildman–Crippen LogP) is 5.32. The minimum absolute atomic E-state index is 0.0114. The first-order chi connectivity index (χ1) is 32.5. The van der Waals surface area contributed by atoms with Gasteiger partial charge in [0.25, 0.3) is 5.91 Å². The summed E-state index contributed by atoms with van der Waals surface area (Å²) in [6, 6.07) is 12.3. The van der Waals surface area contributed by atoms with Crippen molar-refractivity contribution in [2.45, 2.75) is 77.5 Å². The molecule has 67 heavy (non-hydrogen) atoms. The van der Waals surface area contributed by atoms with E-state index in [0.717, 1.165) is 143 Å². The van der Waals surface area contributed by atoms with Crippen molar-refractivity contribution in [1.29, 1.82) is 0 Å². The molecule has 3 aromatic heterocycles. The first kappa shape index (κ1) is 45.3. The molecule has 2 aromatic carbocycles. The smallest absolute Gasteiger partial charge is 0.258 e.